The Hall–Kier alpha value is -1.30. The number of aliphatic hydroxyl groups is 3. The molecule has 0 aromatic heterocycles. The van der Waals surface area contributed by atoms with Crippen LogP contribution in [0.2, 0.25) is 0 Å². The van der Waals surface area contributed by atoms with Gasteiger partial charge in [-0.3, -0.25) is 9.59 Å². The van der Waals surface area contributed by atoms with Gasteiger partial charge in [-0.25, -0.2) is 0 Å². The maximum atomic E-state index is 11.9. The predicted octanol–water partition coefficient (Wildman–Crippen LogP) is -3.00. The van der Waals surface area contributed by atoms with E-state index < -0.39 is 42.7 Å². The van der Waals surface area contributed by atoms with Gasteiger partial charge in [-0.15, -0.1) is 0 Å². The lowest BCUT2D eigenvalue weighted by Gasteiger charge is -2.38. The molecule has 1 radical (unpaired) electrons. The molecule has 0 unspecified atom stereocenters. The zero-order valence-electron chi connectivity index (χ0n) is 14.3. The van der Waals surface area contributed by atoms with Crippen LogP contribution in [0.15, 0.2) is 0 Å². The van der Waals surface area contributed by atoms with Crippen LogP contribution in [0.25, 0.3) is 0 Å². The fourth-order valence-electron chi connectivity index (χ4n) is 2.42. The number of ether oxygens (including phenoxy) is 2. The van der Waals surface area contributed by atoms with Crippen molar-refractivity contribution in [3.05, 3.63) is 6.92 Å². The van der Waals surface area contributed by atoms with Crippen molar-refractivity contribution in [3.8, 4) is 0 Å². The molecular weight excluding hydrogens is 334 g/mol. The van der Waals surface area contributed by atoms with E-state index in [1.165, 1.54) is 0 Å². The maximum absolute atomic E-state index is 11.9. The van der Waals surface area contributed by atoms with E-state index in [2.05, 4.69) is 17.6 Å². The molecule has 1 saturated heterocycles. The molecule has 1 aliphatic heterocycles. The smallest absolute Gasteiger partial charge is 0.237 e. The van der Waals surface area contributed by atoms with Crippen LogP contribution in [-0.4, -0.2) is 83.6 Å². The van der Waals surface area contributed by atoms with Crippen LogP contribution in [0.3, 0.4) is 0 Å². The van der Waals surface area contributed by atoms with Gasteiger partial charge < -0.3 is 41.2 Å². The minimum absolute atomic E-state index is 0.0507. The summed E-state index contributed by atoms with van der Waals surface area (Å²) in [5.41, 5.74) is 5.10. The zero-order valence-corrected chi connectivity index (χ0v) is 14.3. The van der Waals surface area contributed by atoms with Crippen LogP contribution in [0, 0.1) is 6.92 Å². The number of hydrogen-bond donors (Lipinski definition) is 6. The Labute approximate surface area is 146 Å². The number of primary amides is 1. The van der Waals surface area contributed by atoms with Crippen molar-refractivity contribution < 1.29 is 34.4 Å². The fourth-order valence-corrected chi connectivity index (χ4v) is 2.42. The lowest BCUT2D eigenvalue weighted by atomic mass is 10.0. The van der Waals surface area contributed by atoms with Gasteiger partial charge in [0.1, 0.15) is 18.3 Å². The molecule has 1 fully saturated rings. The SMILES string of the molecule is [CH2]CNC(=O)[C@H](CCC(N)=O)NCCO[C@@H]1O[C@@H](C)[C@@H](O)[C@@H](O)[C@@H]1O. The second-order valence-corrected chi connectivity index (χ2v) is 5.85. The number of amides is 2. The van der Waals surface area contributed by atoms with Gasteiger partial charge in [-0.05, 0) is 20.3 Å². The number of nitrogens with two attached hydrogens (primary N) is 1. The minimum Gasteiger partial charge on any atom is -0.388 e. The van der Waals surface area contributed by atoms with E-state index in [9.17, 15) is 24.9 Å². The quantitative estimate of drug-likeness (QED) is 0.224. The highest BCUT2D eigenvalue weighted by molar-refractivity contribution is 5.82. The van der Waals surface area contributed by atoms with E-state index in [1.807, 2.05) is 0 Å². The lowest BCUT2D eigenvalue weighted by molar-refractivity contribution is -0.292. The van der Waals surface area contributed by atoms with Gasteiger partial charge in [0.2, 0.25) is 11.8 Å². The van der Waals surface area contributed by atoms with Crippen LogP contribution in [0.4, 0.5) is 0 Å². The molecule has 0 aromatic rings. The second-order valence-electron chi connectivity index (χ2n) is 5.85. The average Bonchev–Trinajstić information content (AvgIpc) is 2.56. The minimum atomic E-state index is -1.38. The van der Waals surface area contributed by atoms with Crippen molar-refractivity contribution in [2.75, 3.05) is 19.7 Å². The van der Waals surface area contributed by atoms with Crippen LogP contribution < -0.4 is 16.4 Å². The zero-order chi connectivity index (χ0) is 19.0. The monoisotopic (exact) mass is 362 g/mol. The van der Waals surface area contributed by atoms with Crippen molar-refractivity contribution in [1.29, 1.82) is 0 Å². The normalized spacial score (nSPS) is 30.7. The van der Waals surface area contributed by atoms with Crippen LogP contribution >= 0.6 is 0 Å². The van der Waals surface area contributed by atoms with Gasteiger partial charge >= 0.3 is 0 Å². The van der Waals surface area contributed by atoms with Crippen molar-refractivity contribution in [3.63, 3.8) is 0 Å². The summed E-state index contributed by atoms with van der Waals surface area (Å²) in [5.74, 6) is -0.817. The first-order chi connectivity index (χ1) is 11.8. The molecule has 0 saturated carbocycles. The number of aliphatic hydroxyl groups excluding tert-OH is 3. The number of carbonyl (C=O) groups is 2. The maximum Gasteiger partial charge on any atom is 0.237 e. The first-order valence-electron chi connectivity index (χ1n) is 8.17. The fraction of sp³-hybridized carbons (Fsp3) is 0.800. The van der Waals surface area contributed by atoms with Crippen molar-refractivity contribution >= 4 is 11.8 Å². The molecule has 0 aromatic carbocycles. The summed E-state index contributed by atoms with van der Waals surface area (Å²) in [5, 5.41) is 34.6. The molecule has 0 bridgehead atoms. The number of rotatable bonds is 10. The molecule has 1 aliphatic rings. The summed E-state index contributed by atoms with van der Waals surface area (Å²) in [6.45, 7) is 5.59. The van der Waals surface area contributed by atoms with E-state index in [1.54, 1.807) is 6.92 Å². The summed E-state index contributed by atoms with van der Waals surface area (Å²) in [6.07, 6.45) is -5.45. The highest BCUT2D eigenvalue weighted by Gasteiger charge is 2.42. The molecule has 145 valence electrons. The summed E-state index contributed by atoms with van der Waals surface area (Å²) >= 11 is 0. The Morgan fingerprint density at radius 3 is 2.56 bits per heavy atom. The summed E-state index contributed by atoms with van der Waals surface area (Å²) in [6, 6.07) is -0.638. The number of carbonyl (C=O) groups excluding carboxylic acids is 2. The van der Waals surface area contributed by atoms with Gasteiger partial charge in [-0.1, -0.05) is 0 Å². The predicted molar refractivity (Wildman–Crippen MR) is 86.9 cm³/mol. The van der Waals surface area contributed by atoms with Gasteiger partial charge in [0.05, 0.1) is 18.8 Å². The third-order valence-corrected chi connectivity index (χ3v) is 3.88. The Morgan fingerprint density at radius 1 is 1.28 bits per heavy atom. The van der Waals surface area contributed by atoms with Crippen molar-refractivity contribution in [2.45, 2.75) is 56.5 Å². The molecule has 1 heterocycles. The summed E-state index contributed by atoms with van der Waals surface area (Å²) < 4.78 is 10.7. The van der Waals surface area contributed by atoms with E-state index in [-0.39, 0.29) is 38.4 Å². The van der Waals surface area contributed by atoms with E-state index >= 15 is 0 Å². The highest BCUT2D eigenvalue weighted by atomic mass is 16.7. The Morgan fingerprint density at radius 2 is 1.96 bits per heavy atom. The molecule has 2 amide bonds. The van der Waals surface area contributed by atoms with E-state index in [4.69, 9.17) is 15.2 Å². The number of nitrogens with one attached hydrogen (secondary N) is 2. The highest BCUT2D eigenvalue weighted by Crippen LogP contribution is 2.21. The Kier molecular flexibility index (Phi) is 9.25. The Bertz CT molecular complexity index is 437. The molecule has 0 aliphatic carbocycles. The molecule has 10 nitrogen and oxygen atoms in total. The number of hydrogen-bond acceptors (Lipinski definition) is 8. The van der Waals surface area contributed by atoms with E-state index in [0.717, 1.165) is 0 Å². The third-order valence-electron chi connectivity index (χ3n) is 3.88. The topological polar surface area (TPSA) is 163 Å². The van der Waals surface area contributed by atoms with Crippen LogP contribution in [0.1, 0.15) is 19.8 Å². The third kappa shape index (κ3) is 6.84. The summed E-state index contributed by atoms with van der Waals surface area (Å²) in [7, 11) is 0. The van der Waals surface area contributed by atoms with Crippen molar-refractivity contribution in [2.24, 2.45) is 5.73 Å². The van der Waals surface area contributed by atoms with Crippen molar-refractivity contribution in [1.82, 2.24) is 10.6 Å². The molecular formula is C15H28N3O7. The lowest BCUT2D eigenvalue weighted by Crippen LogP contribution is -2.57. The largest absolute Gasteiger partial charge is 0.388 e. The first-order valence-corrected chi connectivity index (χ1v) is 8.17. The summed E-state index contributed by atoms with van der Waals surface area (Å²) in [4.78, 5) is 22.8. The van der Waals surface area contributed by atoms with E-state index in [0.29, 0.717) is 0 Å². The second kappa shape index (κ2) is 10.6. The van der Waals surface area contributed by atoms with Crippen LogP contribution in [-0.2, 0) is 19.1 Å². The first kappa shape index (κ1) is 21.7. The molecule has 10 heteroatoms. The van der Waals surface area contributed by atoms with Gasteiger partial charge in [-0.2, -0.15) is 0 Å². The standard InChI is InChI=1S/C15H28N3O7/c1-3-17-14(23)9(4-5-10(16)19)18-6-7-24-15-13(22)12(21)11(20)8(2)25-15/h8-9,11-13,15,18,20-22H,1,3-7H2,2H3,(H2,16,19)(H,17,23)/t8-,9-,11+,12+,13-,15+/m0/s1. The molecule has 7 N–H and O–H groups in total. The van der Waals surface area contributed by atoms with Gasteiger partial charge in [0, 0.05) is 19.5 Å². The molecule has 0 spiro atoms. The van der Waals surface area contributed by atoms with Crippen LogP contribution in [0.5, 0.6) is 0 Å². The molecule has 6 atom stereocenters. The Balaban J connectivity index is 2.41. The molecule has 1 rings (SSSR count). The van der Waals surface area contributed by atoms with Gasteiger partial charge in [0.15, 0.2) is 6.29 Å². The van der Waals surface area contributed by atoms with Gasteiger partial charge in [0.25, 0.3) is 0 Å². The molecule has 25 heavy (non-hydrogen) atoms. The average molecular weight is 362 g/mol.